The molecule has 0 spiro atoms. The lowest BCUT2D eigenvalue weighted by atomic mass is 10.1. The topological polar surface area (TPSA) is 124 Å². The van der Waals surface area contributed by atoms with Crippen molar-refractivity contribution in [2.45, 2.75) is 13.0 Å². The van der Waals surface area contributed by atoms with Gasteiger partial charge >= 0.3 is 0 Å². The summed E-state index contributed by atoms with van der Waals surface area (Å²) in [5, 5.41) is 13.4. The number of nitrogens with zero attached hydrogens (tertiary/aromatic N) is 3. The highest BCUT2D eigenvalue weighted by Gasteiger charge is 2.18. The molecule has 2 heterocycles. The number of nitrogen functional groups attached to an aromatic ring is 1. The van der Waals surface area contributed by atoms with Crippen LogP contribution in [0.4, 0.5) is 11.5 Å². The number of carbonyl (C=O) groups excluding carboxylic acids is 1. The molecule has 0 saturated heterocycles. The highest BCUT2D eigenvalue weighted by molar-refractivity contribution is 5.99. The lowest BCUT2D eigenvalue weighted by Gasteiger charge is -2.14. The molecule has 0 aliphatic heterocycles. The number of nitrogens with two attached hydrogens (primary N) is 1. The average Bonchev–Trinajstić information content (AvgIpc) is 2.48. The van der Waals surface area contributed by atoms with Crippen molar-refractivity contribution in [1.29, 1.82) is 0 Å². The summed E-state index contributed by atoms with van der Waals surface area (Å²) in [6.45, 7) is 1.79. The van der Waals surface area contributed by atoms with Gasteiger partial charge in [-0.05, 0) is 24.6 Å². The largest absolute Gasteiger partial charge is 0.383 e. The molecule has 0 saturated carbocycles. The molecule has 1 amide bonds. The molecule has 1 unspecified atom stereocenters. The second kappa shape index (κ2) is 5.95. The summed E-state index contributed by atoms with van der Waals surface area (Å²) in [4.78, 5) is 29.8. The number of anilines is 1. The Bertz CT molecular complexity index is 675. The number of rotatable bonds is 4. The van der Waals surface area contributed by atoms with Gasteiger partial charge in [-0.2, -0.15) is 0 Å². The number of pyridine rings is 2. The van der Waals surface area contributed by atoms with Gasteiger partial charge in [0.15, 0.2) is 0 Å². The number of hydrogen-bond acceptors (Lipinski definition) is 6. The summed E-state index contributed by atoms with van der Waals surface area (Å²) in [5.74, 6) is -0.576. The van der Waals surface area contributed by atoms with E-state index >= 15 is 0 Å². The van der Waals surface area contributed by atoms with Crippen molar-refractivity contribution in [3.8, 4) is 0 Å². The minimum Gasteiger partial charge on any atom is -0.383 e. The first kappa shape index (κ1) is 14.4. The van der Waals surface area contributed by atoms with Gasteiger partial charge in [-0.15, -0.1) is 0 Å². The van der Waals surface area contributed by atoms with Crippen LogP contribution in [0.2, 0.25) is 0 Å². The molecule has 8 heteroatoms. The molecule has 8 nitrogen and oxygen atoms in total. The van der Waals surface area contributed by atoms with Crippen LogP contribution in [0, 0.1) is 10.1 Å². The van der Waals surface area contributed by atoms with Crippen molar-refractivity contribution >= 4 is 17.4 Å². The zero-order valence-electron chi connectivity index (χ0n) is 11.2. The maximum absolute atomic E-state index is 12.2. The second-order valence-corrected chi connectivity index (χ2v) is 4.36. The molecule has 0 bridgehead atoms. The maximum atomic E-state index is 12.2. The maximum Gasteiger partial charge on any atom is 0.288 e. The number of nitrogens with one attached hydrogen (secondary N) is 1. The molecule has 3 N–H and O–H groups in total. The predicted molar refractivity (Wildman–Crippen MR) is 75.4 cm³/mol. The Morgan fingerprint density at radius 1 is 1.43 bits per heavy atom. The van der Waals surface area contributed by atoms with Crippen LogP contribution in [0.1, 0.15) is 28.9 Å². The van der Waals surface area contributed by atoms with Gasteiger partial charge < -0.3 is 11.1 Å². The molecule has 0 aliphatic carbocycles. The first-order valence-electron chi connectivity index (χ1n) is 6.09. The van der Waals surface area contributed by atoms with Crippen LogP contribution in [-0.2, 0) is 0 Å². The van der Waals surface area contributed by atoms with Gasteiger partial charge in [0.2, 0.25) is 0 Å². The molecule has 0 aromatic carbocycles. The van der Waals surface area contributed by atoms with E-state index in [1.54, 1.807) is 31.5 Å². The minimum atomic E-state index is -0.629. The Kier molecular flexibility index (Phi) is 4.07. The first-order valence-corrected chi connectivity index (χ1v) is 6.09. The summed E-state index contributed by atoms with van der Waals surface area (Å²) >= 11 is 0. The van der Waals surface area contributed by atoms with E-state index in [1.807, 2.05) is 0 Å². The standard InChI is InChI=1S/C13H13N5O3/c1-8(9-2-4-15-5-3-9)17-13(19)11-6-10(18(20)21)7-16-12(11)14/h2-8H,1H3,(H2,14,16)(H,17,19). The molecule has 0 radical (unpaired) electrons. The highest BCUT2D eigenvalue weighted by Crippen LogP contribution is 2.18. The van der Waals surface area contributed by atoms with Gasteiger partial charge in [-0.1, -0.05) is 0 Å². The molecule has 108 valence electrons. The van der Waals surface area contributed by atoms with Gasteiger partial charge in [0, 0.05) is 18.5 Å². The minimum absolute atomic E-state index is 0.0230. The predicted octanol–water partition coefficient (Wildman–Crippen LogP) is 1.46. The third-order valence-corrected chi connectivity index (χ3v) is 2.91. The van der Waals surface area contributed by atoms with Crippen molar-refractivity contribution in [2.24, 2.45) is 0 Å². The summed E-state index contributed by atoms with van der Waals surface area (Å²) in [6, 6.07) is 4.34. The fourth-order valence-electron chi connectivity index (χ4n) is 1.76. The van der Waals surface area contributed by atoms with Crippen molar-refractivity contribution in [3.05, 3.63) is 58.0 Å². The van der Waals surface area contributed by atoms with E-state index in [4.69, 9.17) is 5.73 Å². The Balaban J connectivity index is 2.21. The average molecular weight is 287 g/mol. The Hall–Kier alpha value is -3.03. The van der Waals surface area contributed by atoms with Crippen LogP contribution in [0.25, 0.3) is 0 Å². The van der Waals surface area contributed by atoms with E-state index in [0.717, 1.165) is 17.8 Å². The van der Waals surface area contributed by atoms with Crippen LogP contribution in [0.3, 0.4) is 0 Å². The molecule has 21 heavy (non-hydrogen) atoms. The third kappa shape index (κ3) is 3.30. The molecule has 0 aliphatic rings. The zero-order chi connectivity index (χ0) is 15.4. The van der Waals surface area contributed by atoms with Gasteiger partial charge in [0.25, 0.3) is 11.6 Å². The number of carbonyl (C=O) groups is 1. The van der Waals surface area contributed by atoms with Crippen LogP contribution in [-0.4, -0.2) is 20.8 Å². The summed E-state index contributed by atoms with van der Waals surface area (Å²) < 4.78 is 0. The van der Waals surface area contributed by atoms with Crippen molar-refractivity contribution in [3.63, 3.8) is 0 Å². The quantitative estimate of drug-likeness (QED) is 0.648. The van der Waals surface area contributed by atoms with E-state index in [0.29, 0.717) is 0 Å². The fourth-order valence-corrected chi connectivity index (χ4v) is 1.76. The summed E-state index contributed by atoms with van der Waals surface area (Å²) in [6.07, 6.45) is 4.24. The van der Waals surface area contributed by atoms with Crippen molar-refractivity contribution in [1.82, 2.24) is 15.3 Å². The van der Waals surface area contributed by atoms with Gasteiger partial charge in [-0.25, -0.2) is 4.98 Å². The van der Waals surface area contributed by atoms with Crippen LogP contribution in [0.15, 0.2) is 36.8 Å². The van der Waals surface area contributed by atoms with Crippen LogP contribution in [0.5, 0.6) is 0 Å². The smallest absolute Gasteiger partial charge is 0.288 e. The molecule has 2 aromatic heterocycles. The molecule has 2 aromatic rings. The number of nitro groups is 1. The van der Waals surface area contributed by atoms with E-state index in [1.165, 1.54) is 0 Å². The van der Waals surface area contributed by atoms with Crippen molar-refractivity contribution < 1.29 is 9.72 Å². The van der Waals surface area contributed by atoms with Crippen LogP contribution >= 0.6 is 0 Å². The lowest BCUT2D eigenvalue weighted by molar-refractivity contribution is -0.385. The monoisotopic (exact) mass is 287 g/mol. The van der Waals surface area contributed by atoms with E-state index in [9.17, 15) is 14.9 Å². The Labute approximate surface area is 120 Å². The molecular formula is C13H13N5O3. The van der Waals surface area contributed by atoms with Gasteiger partial charge in [0.1, 0.15) is 12.0 Å². The summed E-state index contributed by atoms with van der Waals surface area (Å²) in [5.41, 5.74) is 6.15. The fraction of sp³-hybridized carbons (Fsp3) is 0.154. The van der Waals surface area contributed by atoms with Crippen LogP contribution < -0.4 is 11.1 Å². The Morgan fingerprint density at radius 2 is 2.10 bits per heavy atom. The van der Waals surface area contributed by atoms with Gasteiger partial charge in [0.05, 0.1) is 16.5 Å². The normalized spacial score (nSPS) is 11.7. The lowest BCUT2D eigenvalue weighted by Crippen LogP contribution is -2.27. The zero-order valence-corrected chi connectivity index (χ0v) is 11.2. The van der Waals surface area contributed by atoms with Gasteiger partial charge in [-0.3, -0.25) is 19.9 Å². The molecule has 2 rings (SSSR count). The number of hydrogen-bond donors (Lipinski definition) is 2. The molecule has 1 atom stereocenters. The second-order valence-electron chi connectivity index (χ2n) is 4.36. The SMILES string of the molecule is CC(NC(=O)c1cc([N+](=O)[O-])cnc1N)c1ccncc1. The van der Waals surface area contributed by atoms with E-state index < -0.39 is 10.8 Å². The number of amides is 1. The molecular weight excluding hydrogens is 274 g/mol. The Morgan fingerprint density at radius 3 is 2.71 bits per heavy atom. The van der Waals surface area contributed by atoms with Crippen molar-refractivity contribution in [2.75, 3.05) is 5.73 Å². The van der Waals surface area contributed by atoms with E-state index in [-0.39, 0.29) is 23.1 Å². The molecule has 0 fully saturated rings. The highest BCUT2D eigenvalue weighted by atomic mass is 16.6. The third-order valence-electron chi connectivity index (χ3n) is 2.91. The van der Waals surface area contributed by atoms with E-state index in [2.05, 4.69) is 15.3 Å². The number of aromatic nitrogens is 2. The summed E-state index contributed by atoms with van der Waals surface area (Å²) in [7, 11) is 0. The first-order chi connectivity index (χ1) is 9.99.